The van der Waals surface area contributed by atoms with Crippen molar-refractivity contribution in [2.75, 3.05) is 0 Å². The predicted molar refractivity (Wildman–Crippen MR) is 56.2 cm³/mol. The van der Waals surface area contributed by atoms with E-state index >= 15 is 0 Å². The molecule has 0 spiro atoms. The average Bonchev–Trinajstić information content (AvgIpc) is 1.99. The molecule has 1 aromatic rings. The van der Waals surface area contributed by atoms with Gasteiger partial charge < -0.3 is 0 Å². The zero-order valence-corrected chi connectivity index (χ0v) is 9.86. The molecule has 0 aliphatic heterocycles. The summed E-state index contributed by atoms with van der Waals surface area (Å²) in [7, 11) is 1.01. The molecule has 0 aromatic heterocycles. The van der Waals surface area contributed by atoms with Crippen molar-refractivity contribution >= 4 is 48.6 Å². The third-order valence-electron chi connectivity index (χ3n) is 1.45. The van der Waals surface area contributed by atoms with Crippen molar-refractivity contribution in [1.29, 1.82) is 0 Å². The van der Waals surface area contributed by atoms with E-state index in [4.69, 9.17) is 33.9 Å². The summed E-state index contributed by atoms with van der Waals surface area (Å²) in [6, 6.07) is 1.74. The van der Waals surface area contributed by atoms with Gasteiger partial charge in [0.1, 0.15) is 10.0 Å². The number of benzene rings is 1. The van der Waals surface area contributed by atoms with E-state index in [0.29, 0.717) is 0 Å². The molecule has 0 saturated carbocycles. The highest BCUT2D eigenvalue weighted by molar-refractivity contribution is 8.13. The number of hydrogen-bond acceptors (Lipinski definition) is 4. The van der Waals surface area contributed by atoms with E-state index in [0.717, 1.165) is 12.1 Å². The Morgan fingerprint density at radius 3 is 1.87 bits per heavy atom. The van der Waals surface area contributed by atoms with E-state index in [2.05, 4.69) is 0 Å². The monoisotopic (exact) mass is 289 g/mol. The standard InChI is InChI=1S/C6H2Cl3NO4S/c7-4-1-3(15(9,13)14)2-5(8)6(4)10(11)12/h1-2H. The van der Waals surface area contributed by atoms with Gasteiger partial charge in [-0.05, 0) is 12.1 Å². The normalized spacial score (nSPS) is 11.4. The summed E-state index contributed by atoms with van der Waals surface area (Å²) in [6.45, 7) is 0. The minimum absolute atomic E-state index is 0.383. The smallest absolute Gasteiger partial charge is 0.258 e. The molecular weight excluding hydrogens is 288 g/mol. The van der Waals surface area contributed by atoms with E-state index in [1.165, 1.54) is 0 Å². The highest BCUT2D eigenvalue weighted by Gasteiger charge is 2.22. The SMILES string of the molecule is O=[N+]([O-])c1c(Cl)cc(S(=O)(=O)Cl)cc1Cl. The molecule has 9 heteroatoms. The van der Waals surface area contributed by atoms with Gasteiger partial charge >= 0.3 is 5.69 Å². The fraction of sp³-hybridized carbons (Fsp3) is 0. The van der Waals surface area contributed by atoms with Crippen LogP contribution in [0.2, 0.25) is 10.0 Å². The second kappa shape index (κ2) is 4.13. The summed E-state index contributed by atoms with van der Waals surface area (Å²) >= 11 is 11.0. The van der Waals surface area contributed by atoms with Crippen LogP contribution in [0.3, 0.4) is 0 Å². The molecule has 1 aromatic carbocycles. The maximum absolute atomic E-state index is 10.9. The first-order valence-electron chi connectivity index (χ1n) is 3.31. The molecule has 0 amide bonds. The van der Waals surface area contributed by atoms with Crippen LogP contribution in [0.5, 0.6) is 0 Å². The Morgan fingerprint density at radius 2 is 1.60 bits per heavy atom. The first kappa shape index (κ1) is 12.5. The Kier molecular flexibility index (Phi) is 3.44. The lowest BCUT2D eigenvalue weighted by molar-refractivity contribution is -0.384. The molecular formula is C6H2Cl3NO4S. The molecule has 0 heterocycles. The van der Waals surface area contributed by atoms with Gasteiger partial charge in [-0.15, -0.1) is 0 Å². The largest absolute Gasteiger partial charge is 0.306 e. The number of nitro groups is 1. The Bertz CT molecular complexity index is 504. The van der Waals surface area contributed by atoms with Crippen LogP contribution < -0.4 is 0 Å². The summed E-state index contributed by atoms with van der Waals surface area (Å²) in [6.07, 6.45) is 0. The molecule has 15 heavy (non-hydrogen) atoms. The van der Waals surface area contributed by atoms with Gasteiger partial charge in [0.2, 0.25) is 0 Å². The van der Waals surface area contributed by atoms with E-state index in [-0.39, 0.29) is 14.9 Å². The van der Waals surface area contributed by atoms with E-state index in [1.54, 1.807) is 0 Å². The summed E-state index contributed by atoms with van der Waals surface area (Å²) in [5.74, 6) is 0. The molecule has 5 nitrogen and oxygen atoms in total. The predicted octanol–water partition coefficient (Wildman–Crippen LogP) is 2.83. The fourth-order valence-electron chi connectivity index (χ4n) is 0.857. The first-order chi connectivity index (χ1) is 6.73. The van der Waals surface area contributed by atoms with Crippen LogP contribution in [0.4, 0.5) is 5.69 Å². The van der Waals surface area contributed by atoms with Crippen molar-refractivity contribution in [1.82, 2.24) is 0 Å². The maximum atomic E-state index is 10.9. The van der Waals surface area contributed by atoms with Gasteiger partial charge in [0, 0.05) is 10.7 Å². The number of nitrogens with zero attached hydrogens (tertiary/aromatic N) is 1. The van der Waals surface area contributed by atoms with Crippen molar-refractivity contribution < 1.29 is 13.3 Å². The summed E-state index contributed by atoms with van der Waals surface area (Å²) < 4.78 is 21.8. The third kappa shape index (κ3) is 2.72. The van der Waals surface area contributed by atoms with Gasteiger partial charge in [-0.2, -0.15) is 0 Å². The molecule has 0 atom stereocenters. The van der Waals surface area contributed by atoms with Crippen LogP contribution in [-0.4, -0.2) is 13.3 Å². The molecule has 0 aliphatic rings. The van der Waals surface area contributed by atoms with Crippen molar-refractivity contribution in [2.45, 2.75) is 4.90 Å². The highest BCUT2D eigenvalue weighted by atomic mass is 35.7. The zero-order chi connectivity index (χ0) is 11.8. The number of nitro benzene ring substituents is 1. The first-order valence-corrected chi connectivity index (χ1v) is 6.38. The van der Waals surface area contributed by atoms with E-state index in [1.807, 2.05) is 0 Å². The quantitative estimate of drug-likeness (QED) is 0.477. The Hall–Kier alpha value is -0.560. The lowest BCUT2D eigenvalue weighted by Crippen LogP contribution is -1.95. The van der Waals surface area contributed by atoms with Crippen LogP contribution >= 0.6 is 33.9 Å². The van der Waals surface area contributed by atoms with Crippen molar-refractivity contribution in [3.63, 3.8) is 0 Å². The molecule has 0 fully saturated rings. The van der Waals surface area contributed by atoms with E-state index in [9.17, 15) is 18.5 Å². The molecule has 1 rings (SSSR count). The van der Waals surface area contributed by atoms with Crippen molar-refractivity contribution in [3.8, 4) is 0 Å². The molecule has 0 saturated heterocycles. The van der Waals surface area contributed by atoms with Gasteiger partial charge in [-0.3, -0.25) is 10.1 Å². The summed E-state index contributed by atoms with van der Waals surface area (Å²) in [5, 5.41) is 9.69. The van der Waals surface area contributed by atoms with Crippen LogP contribution in [-0.2, 0) is 9.05 Å². The maximum Gasteiger partial charge on any atom is 0.306 e. The van der Waals surface area contributed by atoms with Crippen molar-refractivity contribution in [3.05, 3.63) is 32.3 Å². The van der Waals surface area contributed by atoms with Gasteiger partial charge in [-0.1, -0.05) is 23.2 Å². The molecule has 0 radical (unpaired) electrons. The number of halogens is 3. The minimum atomic E-state index is -4.01. The summed E-state index contributed by atoms with van der Waals surface area (Å²) in [5.41, 5.74) is -0.553. The lowest BCUT2D eigenvalue weighted by atomic mass is 10.3. The van der Waals surface area contributed by atoms with Gasteiger partial charge in [-0.25, -0.2) is 8.42 Å². The second-order valence-corrected chi connectivity index (χ2v) is 5.81. The van der Waals surface area contributed by atoms with Crippen LogP contribution in [0.15, 0.2) is 17.0 Å². The van der Waals surface area contributed by atoms with E-state index < -0.39 is 19.7 Å². The topological polar surface area (TPSA) is 77.3 Å². The van der Waals surface area contributed by atoms with Gasteiger partial charge in [0.15, 0.2) is 0 Å². The fourth-order valence-corrected chi connectivity index (χ4v) is 2.40. The molecule has 0 unspecified atom stereocenters. The zero-order valence-electron chi connectivity index (χ0n) is 6.78. The van der Waals surface area contributed by atoms with Crippen LogP contribution in [0, 0.1) is 10.1 Å². The number of rotatable bonds is 2. The molecule has 0 bridgehead atoms. The molecule has 0 aliphatic carbocycles. The van der Waals surface area contributed by atoms with Crippen LogP contribution in [0.1, 0.15) is 0 Å². The Balaban J connectivity index is 3.52. The Morgan fingerprint density at radius 1 is 1.20 bits per heavy atom. The molecule has 0 N–H and O–H groups in total. The van der Waals surface area contributed by atoms with Gasteiger partial charge in [0.05, 0.1) is 9.82 Å². The van der Waals surface area contributed by atoms with Crippen molar-refractivity contribution in [2.24, 2.45) is 0 Å². The third-order valence-corrected chi connectivity index (χ3v) is 3.36. The number of hydrogen-bond donors (Lipinski definition) is 0. The summed E-state index contributed by atoms with van der Waals surface area (Å²) in [4.78, 5) is 9.26. The minimum Gasteiger partial charge on any atom is -0.258 e. The molecule has 82 valence electrons. The lowest BCUT2D eigenvalue weighted by Gasteiger charge is -2.00. The Labute approximate surface area is 99.1 Å². The van der Waals surface area contributed by atoms with Gasteiger partial charge in [0.25, 0.3) is 9.05 Å². The van der Waals surface area contributed by atoms with Crippen LogP contribution in [0.25, 0.3) is 0 Å². The second-order valence-electron chi connectivity index (χ2n) is 2.43. The average molecular weight is 291 g/mol. The highest BCUT2D eigenvalue weighted by Crippen LogP contribution is 2.35.